The Balaban J connectivity index is 1.88. The molecule has 4 heteroatoms. The van der Waals surface area contributed by atoms with E-state index in [1.165, 1.54) is 0 Å². The number of Topliss-reactive ketones (excluding diaryl/α,β-unsaturated/α-hetero) is 1. The van der Waals surface area contributed by atoms with Crippen LogP contribution in [0.3, 0.4) is 0 Å². The van der Waals surface area contributed by atoms with Gasteiger partial charge in [-0.15, -0.1) is 0 Å². The zero-order valence-electron chi connectivity index (χ0n) is 14.6. The second kappa shape index (κ2) is 4.79. The molecule has 4 nitrogen and oxygen atoms in total. The molecule has 0 aliphatic heterocycles. The molecule has 2 N–H and O–H groups in total. The first-order valence-corrected chi connectivity index (χ1v) is 9.29. The minimum absolute atomic E-state index is 0.0623. The molecular weight excluding hydrogens is 304 g/mol. The third-order valence-corrected chi connectivity index (χ3v) is 8.44. The molecule has 0 heterocycles. The third kappa shape index (κ3) is 1.58. The number of ketones is 1. The van der Waals surface area contributed by atoms with Crippen LogP contribution < -0.4 is 0 Å². The van der Waals surface area contributed by atoms with E-state index in [2.05, 4.69) is 13.5 Å². The van der Waals surface area contributed by atoms with E-state index in [1.54, 1.807) is 0 Å². The SMILES string of the molecule is C=C1C(=O)C23[C@H](O)C[C@H]4[C@@](C)(CCC[C@]4(C)C=O)[C@@H]2CC[C@@H]1[C@H]3O. The average Bonchev–Trinajstić information content (AvgIpc) is 2.66. The van der Waals surface area contributed by atoms with Crippen molar-refractivity contribution in [2.24, 2.45) is 34.0 Å². The summed E-state index contributed by atoms with van der Waals surface area (Å²) in [5.41, 5.74) is -1.23. The molecule has 4 aliphatic rings. The molecule has 0 aromatic carbocycles. The first-order valence-electron chi connectivity index (χ1n) is 9.29. The zero-order valence-corrected chi connectivity index (χ0v) is 14.6. The molecule has 132 valence electrons. The Morgan fingerprint density at radius 1 is 1.17 bits per heavy atom. The first-order chi connectivity index (χ1) is 11.2. The van der Waals surface area contributed by atoms with Gasteiger partial charge in [-0.3, -0.25) is 4.79 Å². The molecule has 0 saturated heterocycles. The van der Waals surface area contributed by atoms with Crippen LogP contribution in [0, 0.1) is 34.0 Å². The lowest BCUT2D eigenvalue weighted by Crippen LogP contribution is -2.67. The summed E-state index contributed by atoms with van der Waals surface area (Å²) >= 11 is 0. The maximum absolute atomic E-state index is 13.1. The molecule has 0 radical (unpaired) electrons. The van der Waals surface area contributed by atoms with Crippen LogP contribution in [0.25, 0.3) is 0 Å². The minimum Gasteiger partial charge on any atom is -0.392 e. The van der Waals surface area contributed by atoms with Crippen LogP contribution >= 0.6 is 0 Å². The normalized spacial score (nSPS) is 56.6. The topological polar surface area (TPSA) is 74.6 Å². The quantitative estimate of drug-likeness (QED) is 0.571. The highest BCUT2D eigenvalue weighted by molar-refractivity contribution is 6.04. The molecular formula is C20H28O4. The van der Waals surface area contributed by atoms with Gasteiger partial charge in [0.2, 0.25) is 0 Å². The Morgan fingerprint density at radius 3 is 2.54 bits per heavy atom. The van der Waals surface area contributed by atoms with E-state index in [1.807, 2.05) is 6.92 Å². The zero-order chi connectivity index (χ0) is 17.5. The molecule has 4 fully saturated rings. The lowest BCUT2D eigenvalue weighted by atomic mass is 9.40. The molecule has 4 aliphatic carbocycles. The molecule has 24 heavy (non-hydrogen) atoms. The Hall–Kier alpha value is -1.00. The monoisotopic (exact) mass is 332 g/mol. The number of carbonyl (C=O) groups excluding carboxylic acids is 2. The smallest absolute Gasteiger partial charge is 0.170 e. The van der Waals surface area contributed by atoms with Gasteiger partial charge >= 0.3 is 0 Å². The summed E-state index contributed by atoms with van der Waals surface area (Å²) in [5, 5.41) is 22.1. The Kier molecular flexibility index (Phi) is 3.29. The molecule has 0 aromatic rings. The average molecular weight is 332 g/mol. The van der Waals surface area contributed by atoms with Gasteiger partial charge in [0.25, 0.3) is 0 Å². The predicted molar refractivity (Wildman–Crippen MR) is 89.0 cm³/mol. The van der Waals surface area contributed by atoms with Crippen molar-refractivity contribution >= 4 is 12.1 Å². The first kappa shape index (κ1) is 16.5. The summed E-state index contributed by atoms with van der Waals surface area (Å²) in [5.74, 6) is -0.332. The summed E-state index contributed by atoms with van der Waals surface area (Å²) in [4.78, 5) is 25.0. The second-order valence-corrected chi connectivity index (χ2v) is 9.26. The van der Waals surface area contributed by atoms with Crippen molar-refractivity contribution < 1.29 is 19.8 Å². The molecule has 8 atom stereocenters. The van der Waals surface area contributed by atoms with Gasteiger partial charge in [-0.2, -0.15) is 0 Å². The summed E-state index contributed by atoms with van der Waals surface area (Å²) in [6.45, 7) is 8.14. The van der Waals surface area contributed by atoms with Gasteiger partial charge < -0.3 is 15.0 Å². The molecule has 2 bridgehead atoms. The maximum Gasteiger partial charge on any atom is 0.170 e. The fourth-order valence-electron chi connectivity index (χ4n) is 7.31. The van der Waals surface area contributed by atoms with Crippen molar-refractivity contribution in [2.75, 3.05) is 0 Å². The highest BCUT2D eigenvalue weighted by atomic mass is 16.3. The molecule has 4 rings (SSSR count). The van der Waals surface area contributed by atoms with Gasteiger partial charge in [-0.1, -0.05) is 26.8 Å². The van der Waals surface area contributed by atoms with Crippen molar-refractivity contribution in [1.82, 2.24) is 0 Å². The van der Waals surface area contributed by atoms with Crippen LogP contribution in [0.4, 0.5) is 0 Å². The van der Waals surface area contributed by atoms with E-state index in [-0.39, 0.29) is 29.0 Å². The van der Waals surface area contributed by atoms with E-state index in [0.29, 0.717) is 12.0 Å². The van der Waals surface area contributed by atoms with Crippen LogP contribution in [0.2, 0.25) is 0 Å². The Bertz CT molecular complexity index is 627. The van der Waals surface area contributed by atoms with Gasteiger partial charge in [-0.25, -0.2) is 0 Å². The van der Waals surface area contributed by atoms with Gasteiger partial charge in [0, 0.05) is 11.3 Å². The Morgan fingerprint density at radius 2 is 1.88 bits per heavy atom. The number of aldehydes is 1. The molecule has 1 spiro atoms. The maximum atomic E-state index is 13.1. The summed E-state index contributed by atoms with van der Waals surface area (Å²) in [6, 6.07) is 0. The number of hydrogen-bond acceptors (Lipinski definition) is 4. The van der Waals surface area contributed by atoms with Crippen molar-refractivity contribution in [3.8, 4) is 0 Å². The number of carbonyl (C=O) groups is 2. The highest BCUT2D eigenvalue weighted by Crippen LogP contribution is 2.70. The van der Waals surface area contributed by atoms with Gasteiger partial charge in [-0.05, 0) is 54.9 Å². The van der Waals surface area contributed by atoms with Crippen LogP contribution in [-0.4, -0.2) is 34.5 Å². The number of aliphatic hydroxyl groups excluding tert-OH is 2. The van der Waals surface area contributed by atoms with Crippen LogP contribution in [0.5, 0.6) is 0 Å². The summed E-state index contributed by atoms with van der Waals surface area (Å²) < 4.78 is 0. The van der Waals surface area contributed by atoms with Crippen molar-refractivity contribution in [1.29, 1.82) is 0 Å². The summed E-state index contributed by atoms with van der Waals surface area (Å²) in [6.07, 6.45) is 4.11. The molecule has 0 aromatic heterocycles. The van der Waals surface area contributed by atoms with Crippen molar-refractivity contribution in [3.63, 3.8) is 0 Å². The number of fused-ring (bicyclic) bond motifs is 3. The molecule has 4 saturated carbocycles. The van der Waals surface area contributed by atoms with Crippen LogP contribution in [-0.2, 0) is 9.59 Å². The summed E-state index contributed by atoms with van der Waals surface area (Å²) in [7, 11) is 0. The van der Waals surface area contributed by atoms with E-state index in [9.17, 15) is 19.8 Å². The lowest BCUT2D eigenvalue weighted by molar-refractivity contribution is -0.224. The van der Waals surface area contributed by atoms with Gasteiger partial charge in [0.1, 0.15) is 6.29 Å². The predicted octanol–water partition coefficient (Wildman–Crippen LogP) is 2.28. The van der Waals surface area contributed by atoms with E-state index in [4.69, 9.17) is 0 Å². The van der Waals surface area contributed by atoms with E-state index >= 15 is 0 Å². The minimum atomic E-state index is -1.09. The standard InChI is InChI=1S/C20H28O4/c1-11-12-5-6-13-19(3)8-4-7-18(2,10-21)14(19)9-15(22)20(13,16(11)23)17(12)24/h10,12-15,17,22,24H,1,4-9H2,2-3H3/t12-,13-,14+,15+,17+,18+,19-,20?/m0/s1. The lowest BCUT2D eigenvalue weighted by Gasteiger charge is -2.64. The van der Waals surface area contributed by atoms with Crippen molar-refractivity contribution in [3.05, 3.63) is 12.2 Å². The Labute approximate surface area is 143 Å². The fourth-order valence-corrected chi connectivity index (χ4v) is 7.31. The van der Waals surface area contributed by atoms with Gasteiger partial charge in [0.15, 0.2) is 5.78 Å². The van der Waals surface area contributed by atoms with E-state index < -0.39 is 23.0 Å². The number of aliphatic hydroxyl groups is 2. The van der Waals surface area contributed by atoms with Crippen LogP contribution in [0.1, 0.15) is 52.4 Å². The van der Waals surface area contributed by atoms with Crippen LogP contribution in [0.15, 0.2) is 12.2 Å². The largest absolute Gasteiger partial charge is 0.392 e. The molecule has 0 amide bonds. The number of hydrogen-bond donors (Lipinski definition) is 2. The second-order valence-electron chi connectivity index (χ2n) is 9.26. The van der Waals surface area contributed by atoms with E-state index in [0.717, 1.165) is 38.4 Å². The number of rotatable bonds is 1. The van der Waals surface area contributed by atoms with Gasteiger partial charge in [0.05, 0.1) is 17.6 Å². The highest BCUT2D eigenvalue weighted by Gasteiger charge is 2.73. The van der Waals surface area contributed by atoms with Crippen molar-refractivity contribution in [2.45, 2.75) is 64.6 Å². The fraction of sp³-hybridized carbons (Fsp3) is 0.800. The molecule has 1 unspecified atom stereocenters. The third-order valence-electron chi connectivity index (χ3n) is 8.44.